The molecule has 4 rings (SSSR count). The molecule has 0 bridgehead atoms. The van der Waals surface area contributed by atoms with Crippen LogP contribution in [0.4, 0.5) is 10.6 Å². The Labute approximate surface area is 187 Å². The number of carbonyl (C=O) groups is 1. The first-order valence-corrected chi connectivity index (χ1v) is 10.6. The van der Waals surface area contributed by atoms with E-state index in [0.29, 0.717) is 18.1 Å². The summed E-state index contributed by atoms with van der Waals surface area (Å²) in [7, 11) is 1.95. The molecule has 1 N–H and O–H groups in total. The van der Waals surface area contributed by atoms with Crippen LogP contribution in [0.5, 0.6) is 0 Å². The Hall–Kier alpha value is -3.68. The Morgan fingerprint density at radius 3 is 2.56 bits per heavy atom. The number of hydrogen-bond acceptors (Lipinski definition) is 5. The number of anilines is 1. The maximum absolute atomic E-state index is 11.8. The van der Waals surface area contributed by atoms with E-state index < -0.39 is 6.09 Å². The first-order chi connectivity index (χ1) is 15.2. The topological polar surface area (TPSA) is 87.4 Å². The smallest absolute Gasteiger partial charge is 0.426 e. The average molecular weight is 433 g/mol. The minimum absolute atomic E-state index is 0.00935. The van der Waals surface area contributed by atoms with Crippen molar-refractivity contribution in [3.8, 4) is 11.3 Å². The van der Waals surface area contributed by atoms with E-state index in [4.69, 9.17) is 9.97 Å². The molecule has 1 fully saturated rings. The van der Waals surface area contributed by atoms with Crippen molar-refractivity contribution in [1.29, 1.82) is 0 Å². The van der Waals surface area contributed by atoms with Crippen LogP contribution in [0.25, 0.3) is 23.4 Å². The van der Waals surface area contributed by atoms with Crippen LogP contribution in [0.2, 0.25) is 0 Å². The van der Waals surface area contributed by atoms with Crippen molar-refractivity contribution in [2.45, 2.75) is 33.2 Å². The molecule has 0 saturated carbocycles. The summed E-state index contributed by atoms with van der Waals surface area (Å²) in [6.07, 6.45) is 8.76. The van der Waals surface area contributed by atoms with Gasteiger partial charge < -0.3 is 9.67 Å². The summed E-state index contributed by atoms with van der Waals surface area (Å²) in [6, 6.07) is 10.0. The minimum Gasteiger partial charge on any atom is -0.464 e. The van der Waals surface area contributed by atoms with Crippen LogP contribution in [0.15, 0.2) is 48.9 Å². The highest BCUT2D eigenvalue weighted by Crippen LogP contribution is 2.35. The lowest BCUT2D eigenvalue weighted by Gasteiger charge is -2.37. The predicted molar refractivity (Wildman–Crippen MR) is 125 cm³/mol. The molecule has 1 atom stereocenters. The number of rotatable bonds is 4. The summed E-state index contributed by atoms with van der Waals surface area (Å²) in [5.41, 5.74) is 2.48. The number of nitrogens with zero attached hydrogens (tertiary/aromatic N) is 6. The highest BCUT2D eigenvalue weighted by molar-refractivity contribution is 5.70. The molecular weight excluding hydrogens is 404 g/mol. The number of imidazole rings is 1. The Morgan fingerprint density at radius 1 is 1.12 bits per heavy atom. The van der Waals surface area contributed by atoms with Gasteiger partial charge in [0.25, 0.3) is 0 Å². The number of amides is 1. The van der Waals surface area contributed by atoms with E-state index in [0.717, 1.165) is 23.5 Å². The number of aryl methyl sites for hydroxylation is 1. The van der Waals surface area contributed by atoms with E-state index in [9.17, 15) is 9.90 Å². The normalized spacial score (nSPS) is 16.8. The van der Waals surface area contributed by atoms with Gasteiger partial charge in [0.15, 0.2) is 5.82 Å². The van der Waals surface area contributed by atoms with Crippen molar-refractivity contribution in [3.05, 3.63) is 60.4 Å². The van der Waals surface area contributed by atoms with E-state index in [1.165, 1.54) is 5.01 Å². The zero-order valence-corrected chi connectivity index (χ0v) is 18.8. The molecule has 1 saturated heterocycles. The molecule has 32 heavy (non-hydrogen) atoms. The van der Waals surface area contributed by atoms with E-state index in [-0.39, 0.29) is 11.5 Å². The molecule has 8 heteroatoms. The van der Waals surface area contributed by atoms with Crippen LogP contribution in [0.3, 0.4) is 0 Å². The van der Waals surface area contributed by atoms with Gasteiger partial charge in [-0.3, -0.25) is 9.99 Å². The molecule has 8 nitrogen and oxygen atoms in total. The molecule has 0 radical (unpaired) electrons. The van der Waals surface area contributed by atoms with Gasteiger partial charge in [-0.05, 0) is 24.0 Å². The molecule has 166 valence electrons. The number of hydrazine groups is 1. The zero-order chi connectivity index (χ0) is 22.9. The molecule has 1 unspecified atom stereocenters. The van der Waals surface area contributed by atoms with Gasteiger partial charge in [-0.1, -0.05) is 51.1 Å². The summed E-state index contributed by atoms with van der Waals surface area (Å²) >= 11 is 0. The quantitative estimate of drug-likeness (QED) is 0.650. The Kier molecular flexibility index (Phi) is 5.69. The molecule has 3 aromatic rings. The van der Waals surface area contributed by atoms with Crippen molar-refractivity contribution in [2.24, 2.45) is 12.5 Å². The molecule has 1 aliphatic rings. The largest absolute Gasteiger partial charge is 0.464 e. The van der Waals surface area contributed by atoms with Crippen LogP contribution < -0.4 is 5.01 Å². The molecule has 0 aliphatic carbocycles. The van der Waals surface area contributed by atoms with Crippen LogP contribution in [-0.4, -0.2) is 48.3 Å². The van der Waals surface area contributed by atoms with Crippen LogP contribution >= 0.6 is 0 Å². The lowest BCUT2D eigenvalue weighted by Crippen LogP contribution is -2.49. The third-order valence-electron chi connectivity index (χ3n) is 5.65. The maximum Gasteiger partial charge on any atom is 0.426 e. The third-order valence-corrected chi connectivity index (χ3v) is 5.65. The second-order valence-corrected chi connectivity index (χ2v) is 9.02. The predicted octanol–water partition coefficient (Wildman–Crippen LogP) is 4.57. The highest BCUT2D eigenvalue weighted by atomic mass is 16.4. The fraction of sp³-hybridized carbons (Fsp3) is 0.333. The summed E-state index contributed by atoms with van der Waals surface area (Å²) in [5.74, 6) is 1.31. The second-order valence-electron chi connectivity index (χ2n) is 9.02. The Morgan fingerprint density at radius 2 is 1.88 bits per heavy atom. The van der Waals surface area contributed by atoms with Crippen molar-refractivity contribution < 1.29 is 9.90 Å². The summed E-state index contributed by atoms with van der Waals surface area (Å²) in [6.45, 7) is 6.77. The molecule has 3 heterocycles. The van der Waals surface area contributed by atoms with E-state index in [1.54, 1.807) is 17.4 Å². The summed E-state index contributed by atoms with van der Waals surface area (Å²) < 4.78 is 1.96. The maximum atomic E-state index is 11.8. The van der Waals surface area contributed by atoms with Crippen molar-refractivity contribution >= 4 is 24.1 Å². The van der Waals surface area contributed by atoms with Crippen molar-refractivity contribution in [3.63, 3.8) is 0 Å². The lowest BCUT2D eigenvalue weighted by atomic mass is 9.85. The van der Waals surface area contributed by atoms with E-state index in [1.807, 2.05) is 60.3 Å². The van der Waals surface area contributed by atoms with Crippen LogP contribution in [0.1, 0.15) is 38.7 Å². The van der Waals surface area contributed by atoms with Gasteiger partial charge in [0.1, 0.15) is 5.82 Å². The Bertz CT molecular complexity index is 1130. The zero-order valence-electron chi connectivity index (χ0n) is 18.8. The molecule has 2 aromatic heterocycles. The minimum atomic E-state index is -0.985. The van der Waals surface area contributed by atoms with Gasteiger partial charge in [0.2, 0.25) is 0 Å². The number of carboxylic acid groups (broad SMARTS) is 1. The number of hydrogen-bond donors (Lipinski definition) is 1. The number of benzene rings is 1. The first kappa shape index (κ1) is 21.5. The highest BCUT2D eigenvalue weighted by Gasteiger charge is 2.42. The van der Waals surface area contributed by atoms with Gasteiger partial charge in [-0.15, -0.1) is 0 Å². The molecule has 1 aromatic carbocycles. The molecular formula is C24H28N6O2. The molecule has 0 spiro atoms. The van der Waals surface area contributed by atoms with Crippen molar-refractivity contribution in [1.82, 2.24) is 24.5 Å². The van der Waals surface area contributed by atoms with Gasteiger partial charge in [0, 0.05) is 25.4 Å². The average Bonchev–Trinajstić information content (AvgIpc) is 3.37. The lowest BCUT2D eigenvalue weighted by molar-refractivity contribution is 0.145. The number of aromatic nitrogens is 4. The van der Waals surface area contributed by atoms with Gasteiger partial charge in [0.05, 0.1) is 29.8 Å². The van der Waals surface area contributed by atoms with Gasteiger partial charge in [-0.2, -0.15) is 0 Å². The third kappa shape index (κ3) is 4.34. The second kappa shape index (κ2) is 8.45. The SMILES string of the molecule is Cn1cc(-c2ccccc2)nc1C=Cc1cncc(N2C(C(C)(C)C)CCN2C(=O)O)n1. The van der Waals surface area contributed by atoms with Crippen molar-refractivity contribution in [2.75, 3.05) is 11.6 Å². The van der Waals surface area contributed by atoms with Gasteiger partial charge >= 0.3 is 6.09 Å². The van der Waals surface area contributed by atoms with Crippen LogP contribution in [0, 0.1) is 5.41 Å². The van der Waals surface area contributed by atoms with Gasteiger partial charge in [-0.25, -0.2) is 19.8 Å². The molecule has 1 amide bonds. The summed E-state index contributed by atoms with van der Waals surface area (Å²) in [5, 5.41) is 12.8. The Balaban J connectivity index is 1.61. The monoisotopic (exact) mass is 432 g/mol. The molecule has 1 aliphatic heterocycles. The fourth-order valence-electron chi connectivity index (χ4n) is 4.02. The van der Waals surface area contributed by atoms with E-state index >= 15 is 0 Å². The fourth-order valence-corrected chi connectivity index (χ4v) is 4.02. The summed E-state index contributed by atoms with van der Waals surface area (Å²) in [4.78, 5) is 25.5. The van der Waals surface area contributed by atoms with E-state index in [2.05, 4.69) is 25.8 Å². The standard InChI is InChI=1S/C24H28N6O2/c1-24(2,3)20-12-13-29(23(31)32)30(20)22-15-25-14-18(26-22)10-11-21-27-19(16-28(21)4)17-8-6-5-7-9-17/h5-11,14-16,20H,12-13H2,1-4H3,(H,31,32). The van der Waals surface area contributed by atoms with Crippen LogP contribution in [-0.2, 0) is 7.05 Å². The first-order valence-electron chi connectivity index (χ1n) is 10.6.